The number of β-lactam (4-membered cyclic amide) rings is 1. The van der Waals surface area contributed by atoms with Crippen molar-refractivity contribution in [3.05, 3.63) is 77.0 Å². The molecule has 0 radical (unpaired) electrons. The van der Waals surface area contributed by atoms with Crippen molar-refractivity contribution in [1.82, 2.24) is 10.2 Å². The second-order valence-electron chi connectivity index (χ2n) is 7.65. The number of ether oxygens (including phenoxy) is 2. The molecule has 9 heteroatoms. The first-order chi connectivity index (χ1) is 16.0. The number of aliphatic hydroxyl groups is 1. The lowest BCUT2D eigenvalue weighted by Crippen LogP contribution is -2.70. The van der Waals surface area contributed by atoms with Crippen LogP contribution in [0.15, 0.2) is 65.9 Å². The highest BCUT2D eigenvalue weighted by molar-refractivity contribution is 8.00. The number of nitrogens with one attached hydrogen (secondary N) is 1. The van der Waals surface area contributed by atoms with Gasteiger partial charge in [-0.15, -0.1) is 11.8 Å². The normalized spacial score (nSPS) is 19.5. The first kappa shape index (κ1) is 22.9. The van der Waals surface area contributed by atoms with Crippen LogP contribution in [0.25, 0.3) is 0 Å². The van der Waals surface area contributed by atoms with E-state index in [1.54, 1.807) is 31.4 Å². The van der Waals surface area contributed by atoms with Gasteiger partial charge in [0.15, 0.2) is 0 Å². The van der Waals surface area contributed by atoms with E-state index in [-0.39, 0.29) is 31.2 Å². The lowest BCUT2D eigenvalue weighted by atomic mass is 10.0. The van der Waals surface area contributed by atoms with Gasteiger partial charge in [0, 0.05) is 5.75 Å². The molecule has 2 aromatic rings. The molecule has 2 heterocycles. The van der Waals surface area contributed by atoms with Crippen LogP contribution in [0.2, 0.25) is 0 Å². The average molecular weight is 469 g/mol. The molecule has 2 amide bonds. The fourth-order valence-electron chi connectivity index (χ4n) is 3.74. The number of methoxy groups -OCH3 is 1. The van der Waals surface area contributed by atoms with Gasteiger partial charge < -0.3 is 19.9 Å². The summed E-state index contributed by atoms with van der Waals surface area (Å²) in [7, 11) is 1.57. The van der Waals surface area contributed by atoms with E-state index in [1.807, 2.05) is 30.3 Å². The van der Waals surface area contributed by atoms with E-state index in [4.69, 9.17) is 9.47 Å². The van der Waals surface area contributed by atoms with Gasteiger partial charge in [0.25, 0.3) is 5.91 Å². The van der Waals surface area contributed by atoms with Crippen molar-refractivity contribution in [1.29, 1.82) is 0 Å². The largest absolute Gasteiger partial charge is 0.497 e. The number of hydrogen-bond donors (Lipinski definition) is 2. The van der Waals surface area contributed by atoms with Crippen LogP contribution in [0.4, 0.5) is 0 Å². The molecule has 0 aliphatic carbocycles. The van der Waals surface area contributed by atoms with Gasteiger partial charge in [-0.25, -0.2) is 4.79 Å². The second-order valence-corrected chi connectivity index (χ2v) is 8.76. The molecular weight excluding hydrogens is 444 g/mol. The number of thioether (sulfide) groups is 1. The standard InChI is InChI=1S/C24H24N2O6S/c1-31-18-9-7-16(8-10-18)13-32-24(30)21-17(12-27)14-33-23-20(22(29)26(21)23)25-19(28)11-15-5-3-2-4-6-15/h2-10,20,23,27H,11-14H2,1H3,(H,25,28)/t20?,23-/m1/s1. The number of fused-ring (bicyclic) bond motifs is 1. The van der Waals surface area contributed by atoms with Crippen molar-refractivity contribution in [2.45, 2.75) is 24.4 Å². The van der Waals surface area contributed by atoms with Crippen LogP contribution in [0, 0.1) is 0 Å². The monoisotopic (exact) mass is 468 g/mol. The lowest BCUT2D eigenvalue weighted by Gasteiger charge is -2.49. The number of benzene rings is 2. The Morgan fingerprint density at radius 2 is 1.85 bits per heavy atom. The van der Waals surface area contributed by atoms with E-state index in [2.05, 4.69) is 5.32 Å². The quantitative estimate of drug-likeness (QED) is 0.448. The van der Waals surface area contributed by atoms with Crippen molar-refractivity contribution in [3.63, 3.8) is 0 Å². The third-order valence-electron chi connectivity index (χ3n) is 5.48. The van der Waals surface area contributed by atoms with Gasteiger partial charge in [0.1, 0.15) is 29.5 Å². The SMILES string of the molecule is COc1ccc(COC(=O)C2=C(CO)CS[C@@H]3C(NC(=O)Cc4ccccc4)C(=O)N23)cc1. The molecular formula is C24H24N2O6S. The molecule has 0 saturated carbocycles. The molecule has 2 N–H and O–H groups in total. The molecule has 4 rings (SSSR count). The number of carbonyl (C=O) groups excluding carboxylic acids is 3. The first-order valence-electron chi connectivity index (χ1n) is 10.4. The van der Waals surface area contributed by atoms with Crippen LogP contribution >= 0.6 is 11.8 Å². The van der Waals surface area contributed by atoms with Crippen LogP contribution < -0.4 is 10.1 Å². The third kappa shape index (κ3) is 4.89. The Morgan fingerprint density at radius 3 is 2.52 bits per heavy atom. The van der Waals surface area contributed by atoms with Crippen molar-refractivity contribution in [3.8, 4) is 5.75 Å². The second kappa shape index (κ2) is 10.1. The van der Waals surface area contributed by atoms with Gasteiger partial charge in [-0.1, -0.05) is 42.5 Å². The predicted molar refractivity (Wildman–Crippen MR) is 122 cm³/mol. The highest BCUT2D eigenvalue weighted by Gasteiger charge is 2.54. The van der Waals surface area contributed by atoms with E-state index in [9.17, 15) is 19.5 Å². The zero-order valence-corrected chi connectivity index (χ0v) is 18.8. The molecule has 0 aromatic heterocycles. The summed E-state index contributed by atoms with van der Waals surface area (Å²) in [6.07, 6.45) is 0.163. The van der Waals surface area contributed by atoms with E-state index < -0.39 is 23.3 Å². The molecule has 1 unspecified atom stereocenters. The summed E-state index contributed by atoms with van der Waals surface area (Å²) >= 11 is 1.40. The minimum absolute atomic E-state index is 0.0160. The maximum Gasteiger partial charge on any atom is 0.355 e. The van der Waals surface area contributed by atoms with E-state index in [1.165, 1.54) is 16.7 Å². The number of nitrogens with zero attached hydrogens (tertiary/aromatic N) is 1. The van der Waals surface area contributed by atoms with E-state index in [0.717, 1.165) is 11.1 Å². The topological polar surface area (TPSA) is 105 Å². The fraction of sp³-hybridized carbons (Fsp3) is 0.292. The number of amides is 2. The Balaban J connectivity index is 1.41. The van der Waals surface area contributed by atoms with Crippen LogP contribution in [-0.4, -0.2) is 58.7 Å². The van der Waals surface area contributed by atoms with Crippen LogP contribution in [0.3, 0.4) is 0 Å². The molecule has 0 spiro atoms. The molecule has 0 bridgehead atoms. The maximum atomic E-state index is 12.9. The van der Waals surface area contributed by atoms with E-state index >= 15 is 0 Å². The summed E-state index contributed by atoms with van der Waals surface area (Å²) in [6, 6.07) is 15.6. The number of hydrogen-bond acceptors (Lipinski definition) is 7. The van der Waals surface area contributed by atoms with Gasteiger partial charge in [-0.05, 0) is 28.8 Å². The van der Waals surface area contributed by atoms with Crippen LogP contribution in [0.1, 0.15) is 11.1 Å². The van der Waals surface area contributed by atoms with Gasteiger partial charge in [-0.2, -0.15) is 0 Å². The number of carbonyl (C=O) groups is 3. The maximum absolute atomic E-state index is 12.9. The highest BCUT2D eigenvalue weighted by atomic mass is 32.2. The molecule has 1 saturated heterocycles. The average Bonchev–Trinajstić information content (AvgIpc) is 2.85. The van der Waals surface area contributed by atoms with Crippen molar-refractivity contribution in [2.75, 3.05) is 19.5 Å². The summed E-state index contributed by atoms with van der Waals surface area (Å²) in [4.78, 5) is 39.5. The summed E-state index contributed by atoms with van der Waals surface area (Å²) in [5, 5.41) is 12.1. The molecule has 1 fully saturated rings. The summed E-state index contributed by atoms with van der Waals surface area (Å²) < 4.78 is 10.5. The zero-order valence-electron chi connectivity index (χ0n) is 18.0. The van der Waals surface area contributed by atoms with Crippen molar-refractivity contribution in [2.24, 2.45) is 0 Å². The Morgan fingerprint density at radius 1 is 1.12 bits per heavy atom. The molecule has 33 heavy (non-hydrogen) atoms. The molecule has 172 valence electrons. The Bertz CT molecular complexity index is 1070. The summed E-state index contributed by atoms with van der Waals surface area (Å²) in [5.74, 6) is -0.281. The highest BCUT2D eigenvalue weighted by Crippen LogP contribution is 2.40. The predicted octanol–water partition coefficient (Wildman–Crippen LogP) is 1.63. The van der Waals surface area contributed by atoms with Crippen LogP contribution in [-0.2, 0) is 32.1 Å². The zero-order chi connectivity index (χ0) is 23.4. The Hall–Kier alpha value is -3.30. The van der Waals surface area contributed by atoms with Crippen molar-refractivity contribution < 1.29 is 29.0 Å². The first-order valence-corrected chi connectivity index (χ1v) is 11.5. The van der Waals surface area contributed by atoms with Gasteiger partial charge >= 0.3 is 5.97 Å². The molecule has 2 atom stereocenters. The fourth-order valence-corrected chi connectivity index (χ4v) is 5.07. The van der Waals surface area contributed by atoms with Crippen molar-refractivity contribution >= 4 is 29.5 Å². The summed E-state index contributed by atoms with van der Waals surface area (Å²) in [6.45, 7) is -0.344. The molecule has 2 aliphatic heterocycles. The minimum atomic E-state index is -0.726. The number of rotatable bonds is 8. The van der Waals surface area contributed by atoms with Gasteiger partial charge in [0.2, 0.25) is 5.91 Å². The number of aliphatic hydroxyl groups excluding tert-OH is 1. The molecule has 2 aromatic carbocycles. The summed E-state index contributed by atoms with van der Waals surface area (Å²) in [5.41, 5.74) is 2.10. The minimum Gasteiger partial charge on any atom is -0.497 e. The van der Waals surface area contributed by atoms with Gasteiger partial charge in [-0.3, -0.25) is 14.5 Å². The Kier molecular flexibility index (Phi) is 7.00. The lowest BCUT2D eigenvalue weighted by molar-refractivity contribution is -0.153. The number of esters is 1. The molecule has 8 nitrogen and oxygen atoms in total. The van der Waals surface area contributed by atoms with Gasteiger partial charge in [0.05, 0.1) is 20.1 Å². The Labute approximate surface area is 195 Å². The molecule has 2 aliphatic rings. The smallest absolute Gasteiger partial charge is 0.355 e. The van der Waals surface area contributed by atoms with Crippen LogP contribution in [0.5, 0.6) is 5.75 Å². The van der Waals surface area contributed by atoms with E-state index in [0.29, 0.717) is 17.1 Å². The third-order valence-corrected chi connectivity index (χ3v) is 6.82.